The van der Waals surface area contributed by atoms with Crippen LogP contribution in [0, 0.1) is 13.8 Å². The summed E-state index contributed by atoms with van der Waals surface area (Å²) in [5.41, 5.74) is 3.06. The number of hydrogen-bond acceptors (Lipinski definition) is 3. The van der Waals surface area contributed by atoms with Gasteiger partial charge in [0, 0.05) is 7.05 Å². The average molecular weight is 255 g/mol. The van der Waals surface area contributed by atoms with Crippen LogP contribution < -0.4 is 5.32 Å². The quantitative estimate of drug-likeness (QED) is 0.911. The summed E-state index contributed by atoms with van der Waals surface area (Å²) in [6, 6.07) is 1.94. The van der Waals surface area contributed by atoms with Gasteiger partial charge in [0.25, 0.3) is 0 Å². The first-order chi connectivity index (χ1) is 8.47. The normalized spacial score (nSPS) is 11.2. The fourth-order valence-electron chi connectivity index (χ4n) is 1.77. The SMILES string of the molecule is Cc1cc(CNc2cn(C(F)F)nc2C)n(C)n1. The van der Waals surface area contributed by atoms with Crippen LogP contribution in [0.25, 0.3) is 0 Å². The number of anilines is 1. The molecule has 0 fully saturated rings. The van der Waals surface area contributed by atoms with Crippen molar-refractivity contribution in [1.82, 2.24) is 19.6 Å². The van der Waals surface area contributed by atoms with Gasteiger partial charge in [0.15, 0.2) is 0 Å². The van der Waals surface area contributed by atoms with Crippen molar-refractivity contribution >= 4 is 5.69 Å². The predicted molar refractivity (Wildman–Crippen MR) is 63.5 cm³/mol. The van der Waals surface area contributed by atoms with Crippen LogP contribution in [-0.4, -0.2) is 19.6 Å². The molecule has 0 aromatic carbocycles. The van der Waals surface area contributed by atoms with Crippen LogP contribution in [0.15, 0.2) is 12.3 Å². The highest BCUT2D eigenvalue weighted by molar-refractivity contribution is 5.45. The second kappa shape index (κ2) is 4.75. The summed E-state index contributed by atoms with van der Waals surface area (Å²) >= 11 is 0. The Bertz CT molecular complexity index is 544. The first-order valence-electron chi connectivity index (χ1n) is 5.54. The van der Waals surface area contributed by atoms with Crippen LogP contribution in [0.2, 0.25) is 0 Å². The molecule has 0 radical (unpaired) electrons. The minimum absolute atomic E-state index is 0.521. The summed E-state index contributed by atoms with van der Waals surface area (Å²) in [5, 5.41) is 11.0. The number of rotatable bonds is 4. The summed E-state index contributed by atoms with van der Waals surface area (Å²) in [6.07, 6.45) is 1.31. The Kier molecular flexibility index (Phi) is 3.31. The predicted octanol–water partition coefficient (Wildman–Crippen LogP) is 2.24. The molecule has 5 nitrogen and oxygen atoms in total. The summed E-state index contributed by atoms with van der Waals surface area (Å²) < 4.78 is 27.3. The molecule has 0 aliphatic heterocycles. The highest BCUT2D eigenvalue weighted by atomic mass is 19.3. The number of nitrogens with zero attached hydrogens (tertiary/aromatic N) is 4. The van der Waals surface area contributed by atoms with E-state index in [1.807, 2.05) is 20.0 Å². The highest BCUT2D eigenvalue weighted by Gasteiger charge is 2.11. The lowest BCUT2D eigenvalue weighted by atomic mass is 10.3. The third kappa shape index (κ3) is 2.49. The minimum atomic E-state index is -2.61. The van der Waals surface area contributed by atoms with E-state index in [-0.39, 0.29) is 0 Å². The molecule has 0 bridgehead atoms. The van der Waals surface area contributed by atoms with Gasteiger partial charge >= 0.3 is 6.55 Å². The van der Waals surface area contributed by atoms with E-state index < -0.39 is 6.55 Å². The minimum Gasteiger partial charge on any atom is -0.377 e. The zero-order chi connectivity index (χ0) is 13.3. The molecule has 2 rings (SSSR count). The van der Waals surface area contributed by atoms with Gasteiger partial charge in [-0.05, 0) is 19.9 Å². The molecule has 1 N–H and O–H groups in total. The molecule has 18 heavy (non-hydrogen) atoms. The molecule has 98 valence electrons. The van der Waals surface area contributed by atoms with Gasteiger partial charge in [0.05, 0.1) is 35.5 Å². The third-order valence-electron chi connectivity index (χ3n) is 2.68. The second-order valence-electron chi connectivity index (χ2n) is 4.14. The topological polar surface area (TPSA) is 47.7 Å². The molecule has 2 aromatic rings. The second-order valence-corrected chi connectivity index (χ2v) is 4.14. The number of alkyl halides is 2. The number of nitrogens with one attached hydrogen (secondary N) is 1. The molecule has 0 atom stereocenters. The highest BCUT2D eigenvalue weighted by Crippen LogP contribution is 2.18. The van der Waals surface area contributed by atoms with Crippen molar-refractivity contribution < 1.29 is 8.78 Å². The van der Waals surface area contributed by atoms with E-state index in [9.17, 15) is 8.78 Å². The lowest BCUT2D eigenvalue weighted by Gasteiger charge is -2.04. The number of aromatic nitrogens is 4. The Balaban J connectivity index is 2.08. The summed E-state index contributed by atoms with van der Waals surface area (Å²) in [4.78, 5) is 0. The van der Waals surface area contributed by atoms with E-state index >= 15 is 0 Å². The fourth-order valence-corrected chi connectivity index (χ4v) is 1.77. The molecular weight excluding hydrogens is 240 g/mol. The first-order valence-corrected chi connectivity index (χ1v) is 5.54. The van der Waals surface area contributed by atoms with Gasteiger partial charge in [-0.3, -0.25) is 4.68 Å². The molecule has 7 heteroatoms. The Hall–Kier alpha value is -1.92. The zero-order valence-electron chi connectivity index (χ0n) is 10.5. The standard InChI is InChI=1S/C11H15F2N5/c1-7-4-9(17(3)15-7)5-14-10-6-18(11(12)13)16-8(10)2/h4,6,11,14H,5H2,1-3H3. The van der Waals surface area contributed by atoms with Gasteiger partial charge in [-0.25, -0.2) is 4.68 Å². The molecule has 0 amide bonds. The van der Waals surface area contributed by atoms with Crippen molar-refractivity contribution in [3.05, 3.63) is 29.3 Å². The van der Waals surface area contributed by atoms with E-state index in [1.165, 1.54) is 6.20 Å². The van der Waals surface area contributed by atoms with Gasteiger partial charge in [-0.15, -0.1) is 0 Å². The van der Waals surface area contributed by atoms with E-state index in [2.05, 4.69) is 15.5 Å². The maximum absolute atomic E-state index is 12.4. The molecule has 0 aliphatic rings. The van der Waals surface area contributed by atoms with E-state index in [0.29, 0.717) is 22.6 Å². The molecule has 2 heterocycles. The fraction of sp³-hybridized carbons (Fsp3) is 0.455. The van der Waals surface area contributed by atoms with Crippen LogP contribution in [0.4, 0.5) is 14.5 Å². The molecule has 0 saturated heterocycles. The van der Waals surface area contributed by atoms with Gasteiger partial charge in [0.2, 0.25) is 0 Å². The van der Waals surface area contributed by atoms with Gasteiger partial charge < -0.3 is 5.32 Å². The van der Waals surface area contributed by atoms with Crippen LogP contribution >= 0.6 is 0 Å². The lowest BCUT2D eigenvalue weighted by Crippen LogP contribution is -2.05. The van der Waals surface area contributed by atoms with Crippen molar-refractivity contribution in [2.75, 3.05) is 5.32 Å². The Morgan fingerprint density at radius 3 is 2.56 bits per heavy atom. The van der Waals surface area contributed by atoms with Crippen LogP contribution in [0.1, 0.15) is 23.6 Å². The Morgan fingerprint density at radius 1 is 1.33 bits per heavy atom. The molecule has 0 unspecified atom stereocenters. The maximum atomic E-state index is 12.4. The van der Waals surface area contributed by atoms with Crippen molar-refractivity contribution in [1.29, 1.82) is 0 Å². The van der Waals surface area contributed by atoms with Gasteiger partial charge in [-0.1, -0.05) is 0 Å². The number of aryl methyl sites for hydroxylation is 3. The monoisotopic (exact) mass is 255 g/mol. The summed E-state index contributed by atoms with van der Waals surface area (Å²) in [5.74, 6) is 0. The molecule has 0 saturated carbocycles. The largest absolute Gasteiger partial charge is 0.377 e. The smallest absolute Gasteiger partial charge is 0.333 e. The Labute approximate surface area is 103 Å². The average Bonchev–Trinajstić information content (AvgIpc) is 2.79. The third-order valence-corrected chi connectivity index (χ3v) is 2.68. The van der Waals surface area contributed by atoms with Crippen molar-refractivity contribution in [2.24, 2.45) is 7.05 Å². The van der Waals surface area contributed by atoms with Crippen LogP contribution in [-0.2, 0) is 13.6 Å². The van der Waals surface area contributed by atoms with Crippen molar-refractivity contribution in [2.45, 2.75) is 26.9 Å². The summed E-state index contributed by atoms with van der Waals surface area (Å²) in [7, 11) is 1.85. The first kappa shape index (κ1) is 12.5. The molecule has 2 aromatic heterocycles. The molecular formula is C11H15F2N5. The van der Waals surface area contributed by atoms with E-state index in [4.69, 9.17) is 0 Å². The Morgan fingerprint density at radius 2 is 2.06 bits per heavy atom. The van der Waals surface area contributed by atoms with E-state index in [1.54, 1.807) is 11.6 Å². The van der Waals surface area contributed by atoms with Crippen molar-refractivity contribution in [3.63, 3.8) is 0 Å². The van der Waals surface area contributed by atoms with Crippen molar-refractivity contribution in [3.8, 4) is 0 Å². The zero-order valence-corrected chi connectivity index (χ0v) is 10.5. The maximum Gasteiger partial charge on any atom is 0.333 e. The van der Waals surface area contributed by atoms with Crippen LogP contribution in [0.5, 0.6) is 0 Å². The summed E-state index contributed by atoms with van der Waals surface area (Å²) in [6.45, 7) is 1.50. The van der Waals surface area contributed by atoms with Crippen LogP contribution in [0.3, 0.4) is 0 Å². The van der Waals surface area contributed by atoms with Gasteiger partial charge in [0.1, 0.15) is 0 Å². The van der Waals surface area contributed by atoms with E-state index in [0.717, 1.165) is 11.4 Å². The molecule has 0 spiro atoms. The van der Waals surface area contributed by atoms with Gasteiger partial charge in [-0.2, -0.15) is 19.0 Å². The molecule has 0 aliphatic carbocycles. The number of hydrogen-bond donors (Lipinski definition) is 1. The lowest BCUT2D eigenvalue weighted by molar-refractivity contribution is 0.0563. The number of halogens is 2.